The molecule has 29 heavy (non-hydrogen) atoms. The van der Waals surface area contributed by atoms with Crippen molar-refractivity contribution in [3.05, 3.63) is 41.7 Å². The Balaban J connectivity index is 1.49. The zero-order valence-electron chi connectivity index (χ0n) is 16.3. The van der Waals surface area contributed by atoms with Crippen LogP contribution in [0.25, 0.3) is 0 Å². The first kappa shape index (κ1) is 20.7. The van der Waals surface area contributed by atoms with Gasteiger partial charge in [0.05, 0.1) is 12.1 Å². The minimum absolute atomic E-state index is 0.283. The lowest BCUT2D eigenvalue weighted by atomic mass is 10.2. The van der Waals surface area contributed by atoms with Crippen LogP contribution in [0.1, 0.15) is 6.92 Å². The zero-order chi connectivity index (χ0) is 20.8. The van der Waals surface area contributed by atoms with Crippen molar-refractivity contribution in [1.29, 1.82) is 0 Å². The van der Waals surface area contributed by atoms with E-state index in [1.54, 1.807) is 48.5 Å². The quantitative estimate of drug-likeness (QED) is 0.770. The molecule has 154 valence electrons. The summed E-state index contributed by atoms with van der Waals surface area (Å²) in [4.78, 5) is 37.0. The SMILES string of the molecule is COc1ccc(NC(=O)[C@@H](C)NC(=O)N2CCN(c3ncccn3)CC2)cc1Cl. The van der Waals surface area contributed by atoms with E-state index in [0.717, 1.165) is 0 Å². The summed E-state index contributed by atoms with van der Waals surface area (Å²) < 4.78 is 5.09. The van der Waals surface area contributed by atoms with E-state index < -0.39 is 6.04 Å². The predicted molar refractivity (Wildman–Crippen MR) is 110 cm³/mol. The molecule has 1 atom stereocenters. The molecule has 1 aliphatic rings. The zero-order valence-corrected chi connectivity index (χ0v) is 17.0. The molecule has 3 amide bonds. The summed E-state index contributed by atoms with van der Waals surface area (Å²) in [6.45, 7) is 3.93. The van der Waals surface area contributed by atoms with E-state index in [1.807, 2.05) is 4.90 Å². The second kappa shape index (κ2) is 9.42. The van der Waals surface area contributed by atoms with Crippen molar-refractivity contribution >= 4 is 35.2 Å². The first-order valence-corrected chi connectivity index (χ1v) is 9.57. The molecular weight excluding hydrogens is 396 g/mol. The van der Waals surface area contributed by atoms with Crippen LogP contribution in [0, 0.1) is 0 Å². The van der Waals surface area contributed by atoms with Gasteiger partial charge in [0.2, 0.25) is 11.9 Å². The molecule has 1 aromatic carbocycles. The van der Waals surface area contributed by atoms with Crippen molar-refractivity contribution in [3.8, 4) is 5.75 Å². The van der Waals surface area contributed by atoms with Gasteiger partial charge < -0.3 is 25.2 Å². The van der Waals surface area contributed by atoms with E-state index >= 15 is 0 Å². The van der Waals surface area contributed by atoms with Gasteiger partial charge in [-0.15, -0.1) is 0 Å². The molecule has 1 aromatic heterocycles. The Kier molecular flexibility index (Phi) is 6.71. The topological polar surface area (TPSA) is 99.7 Å². The van der Waals surface area contributed by atoms with Crippen molar-refractivity contribution < 1.29 is 14.3 Å². The number of nitrogens with zero attached hydrogens (tertiary/aromatic N) is 4. The van der Waals surface area contributed by atoms with Gasteiger partial charge in [-0.2, -0.15) is 0 Å². The van der Waals surface area contributed by atoms with Gasteiger partial charge in [0.15, 0.2) is 0 Å². The number of hydrogen-bond acceptors (Lipinski definition) is 6. The molecule has 2 N–H and O–H groups in total. The maximum Gasteiger partial charge on any atom is 0.318 e. The molecule has 0 bridgehead atoms. The minimum Gasteiger partial charge on any atom is -0.495 e. The molecule has 1 fully saturated rings. The van der Waals surface area contributed by atoms with Crippen LogP contribution in [0.4, 0.5) is 16.4 Å². The van der Waals surface area contributed by atoms with Gasteiger partial charge in [-0.1, -0.05) is 11.6 Å². The Labute approximate surface area is 174 Å². The third-order valence-corrected chi connectivity index (χ3v) is 4.85. The number of methoxy groups -OCH3 is 1. The molecule has 2 heterocycles. The molecule has 0 unspecified atom stereocenters. The molecule has 3 rings (SSSR count). The molecule has 2 aromatic rings. The van der Waals surface area contributed by atoms with Gasteiger partial charge in [0.1, 0.15) is 11.8 Å². The Hall–Kier alpha value is -3.07. The van der Waals surface area contributed by atoms with Crippen LogP contribution in [0.2, 0.25) is 5.02 Å². The highest BCUT2D eigenvalue weighted by Crippen LogP contribution is 2.27. The Morgan fingerprint density at radius 1 is 1.17 bits per heavy atom. The number of benzene rings is 1. The van der Waals surface area contributed by atoms with E-state index in [9.17, 15) is 9.59 Å². The fourth-order valence-corrected chi connectivity index (χ4v) is 3.16. The molecule has 10 heteroatoms. The average molecular weight is 419 g/mol. The summed E-state index contributed by atoms with van der Waals surface area (Å²) >= 11 is 6.07. The lowest BCUT2D eigenvalue weighted by Crippen LogP contribution is -2.55. The highest BCUT2D eigenvalue weighted by Gasteiger charge is 2.25. The monoisotopic (exact) mass is 418 g/mol. The molecule has 0 spiro atoms. The summed E-state index contributed by atoms with van der Waals surface area (Å²) in [6, 6.07) is 5.71. The van der Waals surface area contributed by atoms with E-state index in [0.29, 0.717) is 48.6 Å². The van der Waals surface area contributed by atoms with Crippen LogP contribution < -0.4 is 20.3 Å². The molecule has 0 radical (unpaired) electrons. The number of rotatable bonds is 5. The van der Waals surface area contributed by atoms with Crippen molar-refractivity contribution in [1.82, 2.24) is 20.2 Å². The highest BCUT2D eigenvalue weighted by molar-refractivity contribution is 6.32. The number of piperazine rings is 1. The fourth-order valence-electron chi connectivity index (χ4n) is 2.90. The minimum atomic E-state index is -0.709. The molecule has 1 aliphatic heterocycles. The predicted octanol–water partition coefficient (Wildman–Crippen LogP) is 2.00. The third-order valence-electron chi connectivity index (χ3n) is 4.55. The fraction of sp³-hybridized carbons (Fsp3) is 0.368. The highest BCUT2D eigenvalue weighted by atomic mass is 35.5. The Morgan fingerprint density at radius 2 is 1.86 bits per heavy atom. The Bertz CT molecular complexity index is 858. The number of hydrogen-bond donors (Lipinski definition) is 2. The largest absolute Gasteiger partial charge is 0.495 e. The van der Waals surface area contributed by atoms with Crippen LogP contribution in [0.3, 0.4) is 0 Å². The molecule has 9 nitrogen and oxygen atoms in total. The number of amides is 3. The van der Waals surface area contributed by atoms with Crippen LogP contribution in [0.15, 0.2) is 36.7 Å². The van der Waals surface area contributed by atoms with Crippen molar-refractivity contribution in [2.75, 3.05) is 43.5 Å². The van der Waals surface area contributed by atoms with Crippen molar-refractivity contribution in [2.24, 2.45) is 0 Å². The number of nitrogens with one attached hydrogen (secondary N) is 2. The number of halogens is 1. The van der Waals surface area contributed by atoms with E-state index in [2.05, 4.69) is 20.6 Å². The number of carbonyl (C=O) groups excluding carboxylic acids is 2. The van der Waals surface area contributed by atoms with Gasteiger partial charge in [-0.05, 0) is 31.2 Å². The van der Waals surface area contributed by atoms with Gasteiger partial charge in [-0.3, -0.25) is 4.79 Å². The molecule has 1 saturated heterocycles. The summed E-state index contributed by atoms with van der Waals surface area (Å²) in [5.41, 5.74) is 0.526. The van der Waals surface area contributed by atoms with Crippen LogP contribution in [-0.2, 0) is 4.79 Å². The Morgan fingerprint density at radius 3 is 2.48 bits per heavy atom. The van der Waals surface area contributed by atoms with Crippen molar-refractivity contribution in [2.45, 2.75) is 13.0 Å². The molecular formula is C19H23ClN6O3. The van der Waals surface area contributed by atoms with E-state index in [4.69, 9.17) is 16.3 Å². The summed E-state index contributed by atoms with van der Waals surface area (Å²) in [6.07, 6.45) is 3.38. The lowest BCUT2D eigenvalue weighted by molar-refractivity contribution is -0.117. The van der Waals surface area contributed by atoms with Crippen LogP contribution >= 0.6 is 11.6 Å². The van der Waals surface area contributed by atoms with Gasteiger partial charge >= 0.3 is 6.03 Å². The number of carbonyl (C=O) groups is 2. The lowest BCUT2D eigenvalue weighted by Gasteiger charge is -2.35. The second-order valence-electron chi connectivity index (χ2n) is 6.53. The number of ether oxygens (including phenoxy) is 1. The number of anilines is 2. The maximum atomic E-state index is 12.5. The molecule has 0 saturated carbocycles. The van der Waals surface area contributed by atoms with Crippen molar-refractivity contribution in [3.63, 3.8) is 0 Å². The summed E-state index contributed by atoms with van der Waals surface area (Å²) in [5.74, 6) is 0.834. The average Bonchev–Trinajstić information content (AvgIpc) is 2.74. The van der Waals surface area contributed by atoms with Gasteiger partial charge in [0, 0.05) is 44.3 Å². The second-order valence-corrected chi connectivity index (χ2v) is 6.94. The normalized spacial score (nSPS) is 14.9. The first-order chi connectivity index (χ1) is 14.0. The van der Waals surface area contributed by atoms with Crippen LogP contribution in [-0.4, -0.2) is 66.1 Å². The number of aromatic nitrogens is 2. The number of urea groups is 1. The third kappa shape index (κ3) is 5.26. The van der Waals surface area contributed by atoms with Crippen LogP contribution in [0.5, 0.6) is 5.75 Å². The summed E-state index contributed by atoms with van der Waals surface area (Å²) in [5, 5.41) is 5.85. The smallest absolute Gasteiger partial charge is 0.318 e. The summed E-state index contributed by atoms with van der Waals surface area (Å²) in [7, 11) is 1.52. The van der Waals surface area contributed by atoms with E-state index in [-0.39, 0.29) is 11.9 Å². The first-order valence-electron chi connectivity index (χ1n) is 9.19. The van der Waals surface area contributed by atoms with Gasteiger partial charge in [-0.25, -0.2) is 14.8 Å². The molecule has 0 aliphatic carbocycles. The standard InChI is InChI=1S/C19H23ClN6O3/c1-13(17(27)24-14-4-5-16(29-2)15(20)12-14)23-19(28)26-10-8-25(9-11-26)18-21-6-3-7-22-18/h3-7,12-13H,8-11H2,1-2H3,(H,23,28)(H,24,27)/t13-/m1/s1. The van der Waals surface area contributed by atoms with Gasteiger partial charge in [0.25, 0.3) is 0 Å². The maximum absolute atomic E-state index is 12.5. The van der Waals surface area contributed by atoms with E-state index in [1.165, 1.54) is 7.11 Å².